The Kier molecular flexibility index (Phi) is 7.38. The largest absolute Gasteiger partial charge is 0.573 e. The Morgan fingerprint density at radius 2 is 1.84 bits per heavy atom. The first-order valence-corrected chi connectivity index (χ1v) is 9.98. The zero-order valence-corrected chi connectivity index (χ0v) is 17.2. The van der Waals surface area contributed by atoms with Crippen molar-refractivity contribution in [3.8, 4) is 5.75 Å². The summed E-state index contributed by atoms with van der Waals surface area (Å²) in [4.78, 5) is 17.8. The van der Waals surface area contributed by atoms with Gasteiger partial charge in [0.1, 0.15) is 5.75 Å². The number of hydrogen-bond acceptors (Lipinski definition) is 3. The zero-order chi connectivity index (χ0) is 22.3. The summed E-state index contributed by atoms with van der Waals surface area (Å²) in [5.74, 6) is 0.381. The first-order valence-electron chi connectivity index (χ1n) is 9.98. The SMILES string of the molecule is CN=C(NCc1cccc(CN2CCCC2=O)c1)NCc1ccccc1OC(F)(F)F. The first-order chi connectivity index (χ1) is 14.8. The maximum atomic E-state index is 12.6. The van der Waals surface area contributed by atoms with E-state index in [1.54, 1.807) is 19.2 Å². The lowest BCUT2D eigenvalue weighted by Crippen LogP contribution is -2.36. The number of carbonyl (C=O) groups is 1. The smallest absolute Gasteiger partial charge is 0.405 e. The highest BCUT2D eigenvalue weighted by Gasteiger charge is 2.32. The van der Waals surface area contributed by atoms with E-state index in [1.807, 2.05) is 29.2 Å². The van der Waals surface area contributed by atoms with Crippen molar-refractivity contribution in [3.63, 3.8) is 0 Å². The van der Waals surface area contributed by atoms with Gasteiger partial charge in [0.05, 0.1) is 0 Å². The molecule has 0 aliphatic carbocycles. The third-order valence-electron chi connectivity index (χ3n) is 4.86. The van der Waals surface area contributed by atoms with Gasteiger partial charge < -0.3 is 20.3 Å². The molecule has 0 atom stereocenters. The van der Waals surface area contributed by atoms with Crippen molar-refractivity contribution < 1.29 is 22.7 Å². The molecule has 2 aromatic rings. The summed E-state index contributed by atoms with van der Waals surface area (Å²) in [5.41, 5.74) is 2.42. The van der Waals surface area contributed by atoms with Crippen LogP contribution in [0, 0.1) is 0 Å². The van der Waals surface area contributed by atoms with Gasteiger partial charge in [-0.2, -0.15) is 0 Å². The molecule has 31 heavy (non-hydrogen) atoms. The van der Waals surface area contributed by atoms with Gasteiger partial charge in [0.15, 0.2) is 5.96 Å². The van der Waals surface area contributed by atoms with Crippen molar-refractivity contribution in [2.75, 3.05) is 13.6 Å². The molecular formula is C22H25F3N4O2. The number of carbonyl (C=O) groups excluding carboxylic acids is 1. The molecule has 1 saturated heterocycles. The van der Waals surface area contributed by atoms with Gasteiger partial charge in [-0.05, 0) is 23.6 Å². The minimum atomic E-state index is -4.75. The second-order valence-electron chi connectivity index (χ2n) is 7.17. The lowest BCUT2D eigenvalue weighted by atomic mass is 10.1. The van der Waals surface area contributed by atoms with Crippen LogP contribution in [0.4, 0.5) is 13.2 Å². The number of halogens is 3. The fraction of sp³-hybridized carbons (Fsp3) is 0.364. The Bertz CT molecular complexity index is 931. The topological polar surface area (TPSA) is 66.0 Å². The van der Waals surface area contributed by atoms with E-state index in [-0.39, 0.29) is 18.2 Å². The molecular weight excluding hydrogens is 409 g/mol. The number of nitrogens with zero attached hydrogens (tertiary/aromatic N) is 2. The number of benzene rings is 2. The van der Waals surface area contributed by atoms with Crippen LogP contribution in [0.5, 0.6) is 5.75 Å². The monoisotopic (exact) mass is 434 g/mol. The molecule has 2 N–H and O–H groups in total. The molecule has 0 spiro atoms. The summed E-state index contributed by atoms with van der Waals surface area (Å²) >= 11 is 0. The van der Waals surface area contributed by atoms with Crippen LogP contribution in [-0.4, -0.2) is 36.7 Å². The molecule has 1 aliphatic rings. The number of likely N-dealkylation sites (tertiary alicyclic amines) is 1. The van der Waals surface area contributed by atoms with Gasteiger partial charge in [-0.3, -0.25) is 9.79 Å². The minimum Gasteiger partial charge on any atom is -0.405 e. The molecule has 1 fully saturated rings. The van der Waals surface area contributed by atoms with Gasteiger partial charge in [-0.15, -0.1) is 13.2 Å². The van der Waals surface area contributed by atoms with E-state index in [0.29, 0.717) is 31.0 Å². The van der Waals surface area contributed by atoms with Crippen molar-refractivity contribution in [2.24, 2.45) is 4.99 Å². The summed E-state index contributed by atoms with van der Waals surface area (Å²) in [7, 11) is 1.59. The third-order valence-corrected chi connectivity index (χ3v) is 4.86. The molecule has 0 saturated carbocycles. The lowest BCUT2D eigenvalue weighted by molar-refractivity contribution is -0.274. The standard InChI is InChI=1S/C22H25F3N4O2/c1-26-21(28-14-18-8-2-3-9-19(18)31-22(23,24)25)27-13-16-6-4-7-17(12-16)15-29-11-5-10-20(29)30/h2-4,6-9,12H,5,10-11,13-15H2,1H3,(H2,26,27,28). The maximum absolute atomic E-state index is 12.6. The van der Waals surface area contributed by atoms with Gasteiger partial charge in [-0.1, -0.05) is 42.5 Å². The van der Waals surface area contributed by atoms with Crippen LogP contribution in [0.25, 0.3) is 0 Å². The van der Waals surface area contributed by atoms with Crippen LogP contribution < -0.4 is 15.4 Å². The van der Waals surface area contributed by atoms with Crippen LogP contribution in [0.2, 0.25) is 0 Å². The van der Waals surface area contributed by atoms with Gasteiger partial charge in [0.25, 0.3) is 0 Å². The third kappa shape index (κ3) is 6.91. The predicted octanol–water partition coefficient (Wildman–Crippen LogP) is 3.57. The fourth-order valence-corrected chi connectivity index (χ4v) is 3.39. The highest BCUT2D eigenvalue weighted by atomic mass is 19.4. The van der Waals surface area contributed by atoms with Crippen molar-refractivity contribution in [2.45, 2.75) is 38.8 Å². The van der Waals surface area contributed by atoms with Gasteiger partial charge in [0.2, 0.25) is 5.91 Å². The Morgan fingerprint density at radius 3 is 2.55 bits per heavy atom. The molecule has 0 unspecified atom stereocenters. The minimum absolute atomic E-state index is 0.114. The highest BCUT2D eigenvalue weighted by Crippen LogP contribution is 2.26. The van der Waals surface area contributed by atoms with Gasteiger partial charge in [-0.25, -0.2) is 0 Å². The molecule has 0 radical (unpaired) electrons. The van der Waals surface area contributed by atoms with E-state index in [1.165, 1.54) is 12.1 Å². The molecule has 3 rings (SSSR count). The fourth-order valence-electron chi connectivity index (χ4n) is 3.39. The summed E-state index contributed by atoms with van der Waals surface area (Å²) < 4.78 is 41.8. The van der Waals surface area contributed by atoms with Gasteiger partial charge in [0, 0.05) is 45.2 Å². The van der Waals surface area contributed by atoms with Crippen molar-refractivity contribution >= 4 is 11.9 Å². The number of ether oxygens (including phenoxy) is 1. The van der Waals surface area contributed by atoms with Crippen LogP contribution >= 0.6 is 0 Å². The molecule has 0 bridgehead atoms. The Balaban J connectivity index is 1.55. The molecule has 6 nitrogen and oxygen atoms in total. The Labute approximate surface area is 179 Å². The molecule has 9 heteroatoms. The first kappa shape index (κ1) is 22.5. The second kappa shape index (κ2) is 10.2. The number of guanidine groups is 1. The quantitative estimate of drug-likeness (QED) is 0.517. The van der Waals surface area contributed by atoms with E-state index in [9.17, 15) is 18.0 Å². The summed E-state index contributed by atoms with van der Waals surface area (Å²) in [6.45, 7) is 1.97. The number of amides is 1. The second-order valence-corrected chi connectivity index (χ2v) is 7.17. The highest BCUT2D eigenvalue weighted by molar-refractivity contribution is 5.79. The zero-order valence-electron chi connectivity index (χ0n) is 17.2. The maximum Gasteiger partial charge on any atom is 0.573 e. The van der Waals surface area contributed by atoms with E-state index in [4.69, 9.17) is 0 Å². The predicted molar refractivity (Wildman–Crippen MR) is 111 cm³/mol. The lowest BCUT2D eigenvalue weighted by Gasteiger charge is -2.17. The molecule has 1 amide bonds. The summed E-state index contributed by atoms with van der Waals surface area (Å²) in [6.07, 6.45) is -3.24. The van der Waals surface area contributed by atoms with Crippen LogP contribution in [0.15, 0.2) is 53.5 Å². The van der Waals surface area contributed by atoms with E-state index >= 15 is 0 Å². The molecule has 1 heterocycles. The number of aliphatic imine (C=N–C) groups is 1. The van der Waals surface area contributed by atoms with E-state index in [0.717, 1.165) is 24.1 Å². The Hall–Kier alpha value is -3.23. The Morgan fingerprint density at radius 1 is 1.10 bits per heavy atom. The normalized spacial score (nSPS) is 14.6. The molecule has 0 aromatic heterocycles. The molecule has 166 valence electrons. The number of nitrogens with one attached hydrogen (secondary N) is 2. The van der Waals surface area contributed by atoms with Crippen molar-refractivity contribution in [1.29, 1.82) is 0 Å². The number of rotatable bonds is 7. The van der Waals surface area contributed by atoms with Crippen LogP contribution in [0.1, 0.15) is 29.5 Å². The number of hydrogen-bond donors (Lipinski definition) is 2. The number of alkyl halides is 3. The van der Waals surface area contributed by atoms with E-state index in [2.05, 4.69) is 20.4 Å². The van der Waals surface area contributed by atoms with Crippen molar-refractivity contribution in [3.05, 3.63) is 65.2 Å². The number of para-hydroxylation sites is 1. The summed E-state index contributed by atoms with van der Waals surface area (Å²) in [6, 6.07) is 13.9. The van der Waals surface area contributed by atoms with E-state index < -0.39 is 6.36 Å². The van der Waals surface area contributed by atoms with Crippen molar-refractivity contribution in [1.82, 2.24) is 15.5 Å². The average molecular weight is 434 g/mol. The van der Waals surface area contributed by atoms with Crippen LogP contribution in [-0.2, 0) is 24.4 Å². The molecule has 2 aromatic carbocycles. The van der Waals surface area contributed by atoms with Crippen LogP contribution in [0.3, 0.4) is 0 Å². The average Bonchev–Trinajstić information content (AvgIpc) is 3.13. The molecule has 1 aliphatic heterocycles. The van der Waals surface area contributed by atoms with Gasteiger partial charge >= 0.3 is 6.36 Å². The summed E-state index contributed by atoms with van der Waals surface area (Å²) in [5, 5.41) is 6.15.